The summed E-state index contributed by atoms with van der Waals surface area (Å²) < 4.78 is 6.89. The maximum atomic E-state index is 10.8. The van der Waals surface area contributed by atoms with Gasteiger partial charge in [-0.25, -0.2) is 4.68 Å². The Morgan fingerprint density at radius 3 is 2.88 bits per heavy atom. The lowest BCUT2D eigenvalue weighted by atomic mass is 10.1. The van der Waals surface area contributed by atoms with Gasteiger partial charge < -0.3 is 4.74 Å². The average molecular weight is 225 g/mol. The average Bonchev–Trinajstić information content (AvgIpc) is 2.62. The van der Waals surface area contributed by atoms with E-state index < -0.39 is 0 Å². The zero-order chi connectivity index (χ0) is 12.0. The van der Waals surface area contributed by atoms with E-state index in [4.69, 9.17) is 4.74 Å². The quantitative estimate of drug-likeness (QED) is 0.657. The summed E-state index contributed by atoms with van der Waals surface area (Å²) in [4.78, 5) is 10.8. The van der Waals surface area contributed by atoms with Crippen LogP contribution in [0.1, 0.15) is 36.5 Å². The summed E-state index contributed by atoms with van der Waals surface area (Å²) in [6.07, 6.45) is 2.59. The number of hydrogen-bond donors (Lipinski definition) is 0. The molecule has 0 radical (unpaired) electrons. The highest BCUT2D eigenvalue weighted by Crippen LogP contribution is 2.09. The van der Waals surface area contributed by atoms with Gasteiger partial charge in [-0.2, -0.15) is 0 Å². The van der Waals surface area contributed by atoms with Gasteiger partial charge in [0.05, 0.1) is 12.3 Å². The highest BCUT2D eigenvalue weighted by Gasteiger charge is 2.13. The Labute approximate surface area is 95.8 Å². The van der Waals surface area contributed by atoms with Crippen LogP contribution in [-0.2, 0) is 17.7 Å². The molecule has 0 bridgehead atoms. The standard InChI is InChI=1S/C11H19N3O2/c1-4-5-11-10(7-15)12-13-14(11)6-9(2)8-16-3/h7,9H,4-6,8H2,1-3H3. The van der Waals surface area contributed by atoms with E-state index in [1.165, 1.54) is 0 Å². The number of ether oxygens (including phenoxy) is 1. The second kappa shape index (κ2) is 6.37. The molecule has 16 heavy (non-hydrogen) atoms. The van der Waals surface area contributed by atoms with Crippen molar-refractivity contribution >= 4 is 6.29 Å². The maximum Gasteiger partial charge on any atom is 0.172 e. The summed E-state index contributed by atoms with van der Waals surface area (Å²) in [7, 11) is 1.68. The van der Waals surface area contributed by atoms with E-state index in [0.29, 0.717) is 18.2 Å². The first kappa shape index (κ1) is 12.8. The van der Waals surface area contributed by atoms with Crippen LogP contribution in [0, 0.1) is 5.92 Å². The summed E-state index contributed by atoms with van der Waals surface area (Å²) in [6.45, 7) is 5.58. The van der Waals surface area contributed by atoms with Crippen molar-refractivity contribution in [2.24, 2.45) is 5.92 Å². The molecule has 1 aromatic heterocycles. The lowest BCUT2D eigenvalue weighted by molar-refractivity contribution is 0.111. The predicted octanol–water partition coefficient (Wildman–Crippen LogP) is 1.33. The van der Waals surface area contributed by atoms with Crippen LogP contribution in [0.2, 0.25) is 0 Å². The van der Waals surface area contributed by atoms with Crippen molar-refractivity contribution in [3.63, 3.8) is 0 Å². The van der Waals surface area contributed by atoms with E-state index in [9.17, 15) is 4.79 Å². The van der Waals surface area contributed by atoms with Crippen molar-refractivity contribution < 1.29 is 9.53 Å². The molecule has 0 spiro atoms. The maximum absolute atomic E-state index is 10.8. The van der Waals surface area contributed by atoms with Crippen molar-refractivity contribution in [2.45, 2.75) is 33.2 Å². The first-order valence-corrected chi connectivity index (χ1v) is 5.59. The molecular weight excluding hydrogens is 206 g/mol. The Hall–Kier alpha value is -1.23. The zero-order valence-corrected chi connectivity index (χ0v) is 10.1. The Balaban J connectivity index is 2.78. The van der Waals surface area contributed by atoms with Gasteiger partial charge in [0.1, 0.15) is 5.69 Å². The van der Waals surface area contributed by atoms with Gasteiger partial charge in [0.2, 0.25) is 0 Å². The number of methoxy groups -OCH3 is 1. The van der Waals surface area contributed by atoms with Gasteiger partial charge in [0.25, 0.3) is 0 Å². The largest absolute Gasteiger partial charge is 0.384 e. The molecule has 0 aliphatic carbocycles. The van der Waals surface area contributed by atoms with Crippen LogP contribution in [0.15, 0.2) is 0 Å². The van der Waals surface area contributed by atoms with Crippen molar-refractivity contribution in [1.82, 2.24) is 15.0 Å². The third-order valence-corrected chi connectivity index (χ3v) is 2.40. The molecule has 90 valence electrons. The summed E-state index contributed by atoms with van der Waals surface area (Å²) in [5.41, 5.74) is 1.40. The molecule has 1 atom stereocenters. The van der Waals surface area contributed by atoms with E-state index in [1.54, 1.807) is 7.11 Å². The number of nitrogens with zero attached hydrogens (tertiary/aromatic N) is 3. The first-order chi connectivity index (χ1) is 7.72. The zero-order valence-electron chi connectivity index (χ0n) is 10.1. The Morgan fingerprint density at radius 2 is 2.31 bits per heavy atom. The lowest BCUT2D eigenvalue weighted by Crippen LogP contribution is -2.16. The van der Waals surface area contributed by atoms with E-state index in [2.05, 4.69) is 24.2 Å². The summed E-state index contributed by atoms with van der Waals surface area (Å²) in [5, 5.41) is 7.88. The minimum atomic E-state index is 0.363. The highest BCUT2D eigenvalue weighted by molar-refractivity contribution is 5.73. The molecule has 1 aromatic rings. The summed E-state index contributed by atoms with van der Waals surface area (Å²) in [6, 6.07) is 0. The summed E-state index contributed by atoms with van der Waals surface area (Å²) >= 11 is 0. The molecule has 0 saturated heterocycles. The molecule has 0 fully saturated rings. The molecule has 5 heteroatoms. The topological polar surface area (TPSA) is 57.0 Å². The van der Waals surface area contributed by atoms with E-state index in [1.807, 2.05) is 4.68 Å². The van der Waals surface area contributed by atoms with Gasteiger partial charge in [0, 0.05) is 13.7 Å². The molecule has 1 unspecified atom stereocenters. The minimum absolute atomic E-state index is 0.363. The van der Waals surface area contributed by atoms with Crippen LogP contribution in [0.5, 0.6) is 0 Å². The highest BCUT2D eigenvalue weighted by atomic mass is 16.5. The molecule has 0 aromatic carbocycles. The number of aldehydes is 1. The second-order valence-corrected chi connectivity index (χ2v) is 4.03. The van der Waals surface area contributed by atoms with E-state index >= 15 is 0 Å². The number of hydrogen-bond acceptors (Lipinski definition) is 4. The van der Waals surface area contributed by atoms with Crippen molar-refractivity contribution in [1.29, 1.82) is 0 Å². The monoisotopic (exact) mass is 225 g/mol. The Bertz CT molecular complexity index is 336. The number of carbonyl (C=O) groups excluding carboxylic acids is 1. The van der Waals surface area contributed by atoms with Crippen LogP contribution in [0.3, 0.4) is 0 Å². The Morgan fingerprint density at radius 1 is 1.56 bits per heavy atom. The molecule has 1 rings (SSSR count). The second-order valence-electron chi connectivity index (χ2n) is 4.03. The fraction of sp³-hybridized carbons (Fsp3) is 0.727. The molecule has 0 saturated carbocycles. The molecule has 0 amide bonds. The van der Waals surface area contributed by atoms with Gasteiger partial charge in [-0.1, -0.05) is 25.5 Å². The van der Waals surface area contributed by atoms with E-state index in [-0.39, 0.29) is 0 Å². The molecule has 0 N–H and O–H groups in total. The normalized spacial score (nSPS) is 12.7. The van der Waals surface area contributed by atoms with Crippen molar-refractivity contribution in [2.75, 3.05) is 13.7 Å². The third kappa shape index (κ3) is 3.13. The van der Waals surface area contributed by atoms with Crippen LogP contribution in [0.25, 0.3) is 0 Å². The van der Waals surface area contributed by atoms with Crippen LogP contribution in [0.4, 0.5) is 0 Å². The molecule has 0 aliphatic rings. The van der Waals surface area contributed by atoms with Crippen LogP contribution in [-0.4, -0.2) is 35.0 Å². The number of aromatic nitrogens is 3. The van der Waals surface area contributed by atoms with Gasteiger partial charge in [-0.3, -0.25) is 4.79 Å². The smallest absolute Gasteiger partial charge is 0.172 e. The number of rotatable bonds is 7. The van der Waals surface area contributed by atoms with Gasteiger partial charge in [-0.05, 0) is 12.3 Å². The molecule has 5 nitrogen and oxygen atoms in total. The molecule has 0 aliphatic heterocycles. The SMILES string of the molecule is CCCc1c(C=O)nnn1CC(C)COC. The van der Waals surface area contributed by atoms with Crippen molar-refractivity contribution in [3.05, 3.63) is 11.4 Å². The number of carbonyl (C=O) groups is 1. The minimum Gasteiger partial charge on any atom is -0.384 e. The first-order valence-electron chi connectivity index (χ1n) is 5.59. The summed E-state index contributed by atoms with van der Waals surface area (Å²) in [5.74, 6) is 0.363. The predicted molar refractivity (Wildman–Crippen MR) is 60.4 cm³/mol. The van der Waals surface area contributed by atoms with Crippen LogP contribution < -0.4 is 0 Å². The fourth-order valence-corrected chi connectivity index (χ4v) is 1.71. The van der Waals surface area contributed by atoms with Gasteiger partial charge in [0.15, 0.2) is 6.29 Å². The van der Waals surface area contributed by atoms with Crippen molar-refractivity contribution in [3.8, 4) is 0 Å². The van der Waals surface area contributed by atoms with E-state index in [0.717, 1.165) is 31.4 Å². The molecular formula is C11H19N3O2. The van der Waals surface area contributed by atoms with Gasteiger partial charge >= 0.3 is 0 Å². The fourth-order valence-electron chi connectivity index (χ4n) is 1.71. The lowest BCUT2D eigenvalue weighted by Gasteiger charge is -2.11. The van der Waals surface area contributed by atoms with Crippen LogP contribution >= 0.6 is 0 Å². The third-order valence-electron chi connectivity index (χ3n) is 2.40. The van der Waals surface area contributed by atoms with Gasteiger partial charge in [-0.15, -0.1) is 5.10 Å². The Kier molecular flexibility index (Phi) is 5.11. The molecule has 1 heterocycles.